The summed E-state index contributed by atoms with van der Waals surface area (Å²) in [6.07, 6.45) is -6.37. The third-order valence-corrected chi connectivity index (χ3v) is 9.92. The van der Waals surface area contributed by atoms with Gasteiger partial charge in [-0.05, 0) is 96.8 Å². The number of halogens is 4. The lowest BCUT2D eigenvalue weighted by molar-refractivity contribution is -0.181. The van der Waals surface area contributed by atoms with Gasteiger partial charge in [-0.1, -0.05) is 26.0 Å². The number of nitrogens with zero attached hydrogens (tertiary/aromatic N) is 2. The molecule has 0 spiro atoms. The molecule has 45 heavy (non-hydrogen) atoms. The Hall–Kier alpha value is -3.80. The first kappa shape index (κ1) is 31.2. The Morgan fingerprint density at radius 2 is 0.911 bits per heavy atom. The second-order valence-electron chi connectivity index (χ2n) is 10.5. The molecule has 0 fully saturated rings. The van der Waals surface area contributed by atoms with Crippen LogP contribution >= 0.6 is 34.4 Å². The number of aromatic nitrogens is 2. The van der Waals surface area contributed by atoms with Crippen LogP contribution in [0.4, 0.5) is 17.6 Å². The molecule has 0 unspecified atom stereocenters. The maximum absolute atomic E-state index is 13.9. The van der Waals surface area contributed by atoms with E-state index in [9.17, 15) is 17.6 Å². The highest BCUT2D eigenvalue weighted by Crippen LogP contribution is 2.43. The summed E-state index contributed by atoms with van der Waals surface area (Å²) in [7, 11) is 0. The van der Waals surface area contributed by atoms with E-state index in [1.807, 2.05) is 36.4 Å². The smallest absolute Gasteiger partial charge is 0.397 e. The number of alkyl halides is 4. The molecular formula is C34H28F4N2O2S3. The normalized spacial score (nSPS) is 12.1. The number of ether oxygens (including phenoxy) is 2. The largest absolute Gasteiger partial charge is 0.433 e. The lowest BCUT2D eigenvalue weighted by Crippen LogP contribution is -2.24. The Labute approximate surface area is 270 Å². The van der Waals surface area contributed by atoms with E-state index in [2.05, 4.69) is 8.75 Å². The van der Waals surface area contributed by atoms with Crippen molar-refractivity contribution in [2.75, 3.05) is 0 Å². The number of rotatable bonds is 12. The number of fused-ring (bicyclic) bond motifs is 1. The monoisotopic (exact) mass is 668 g/mol. The van der Waals surface area contributed by atoms with Gasteiger partial charge in [0.25, 0.3) is 0 Å². The van der Waals surface area contributed by atoms with E-state index in [1.54, 1.807) is 85.1 Å². The molecule has 0 radical (unpaired) electrons. The quantitative estimate of drug-likeness (QED) is 0.122. The van der Waals surface area contributed by atoms with Crippen LogP contribution < -0.4 is 9.47 Å². The highest BCUT2D eigenvalue weighted by molar-refractivity contribution is 7.19. The summed E-state index contributed by atoms with van der Waals surface area (Å²) < 4.78 is 74.5. The summed E-state index contributed by atoms with van der Waals surface area (Å²) in [5.41, 5.74) is 5.34. The van der Waals surface area contributed by atoms with Crippen molar-refractivity contribution in [3.63, 3.8) is 0 Å². The summed E-state index contributed by atoms with van der Waals surface area (Å²) in [6.45, 7) is 3.39. The van der Waals surface area contributed by atoms with E-state index >= 15 is 0 Å². The van der Waals surface area contributed by atoms with E-state index in [4.69, 9.17) is 9.47 Å². The number of hydrogen-bond acceptors (Lipinski definition) is 7. The van der Waals surface area contributed by atoms with E-state index in [-0.39, 0.29) is 24.3 Å². The second kappa shape index (κ2) is 12.9. The van der Waals surface area contributed by atoms with Crippen LogP contribution in [0.15, 0.2) is 84.9 Å². The summed E-state index contributed by atoms with van der Waals surface area (Å²) in [5.74, 6) is 0.268. The third kappa shape index (κ3) is 7.05. The van der Waals surface area contributed by atoms with E-state index in [0.29, 0.717) is 12.8 Å². The van der Waals surface area contributed by atoms with E-state index in [0.717, 1.165) is 64.5 Å². The van der Waals surface area contributed by atoms with Gasteiger partial charge >= 0.3 is 12.2 Å². The highest BCUT2D eigenvalue weighted by Gasteiger charge is 2.31. The molecule has 11 heteroatoms. The number of hydrogen-bond donors (Lipinski definition) is 0. The van der Waals surface area contributed by atoms with Crippen LogP contribution in [0.2, 0.25) is 0 Å². The average molecular weight is 669 g/mol. The predicted molar refractivity (Wildman–Crippen MR) is 176 cm³/mol. The van der Waals surface area contributed by atoms with Gasteiger partial charge in [0, 0.05) is 30.6 Å². The molecule has 0 saturated heterocycles. The van der Waals surface area contributed by atoms with E-state index < -0.39 is 12.2 Å². The molecule has 0 aliphatic carbocycles. The molecule has 3 heterocycles. The number of benzene rings is 3. The Morgan fingerprint density at radius 1 is 0.533 bits per heavy atom. The first-order chi connectivity index (χ1) is 21.6. The number of thiophene rings is 2. The van der Waals surface area contributed by atoms with Crippen molar-refractivity contribution >= 4 is 45.4 Å². The van der Waals surface area contributed by atoms with Crippen molar-refractivity contribution in [1.29, 1.82) is 0 Å². The maximum Gasteiger partial charge on any atom is 0.397 e. The zero-order valence-corrected chi connectivity index (χ0v) is 26.8. The van der Waals surface area contributed by atoms with Crippen LogP contribution in [0.25, 0.3) is 52.8 Å². The van der Waals surface area contributed by atoms with Crippen molar-refractivity contribution in [3.8, 4) is 53.3 Å². The van der Waals surface area contributed by atoms with Gasteiger partial charge in [0.1, 0.15) is 22.5 Å². The molecule has 0 aliphatic heterocycles. The molecule has 0 atom stereocenters. The molecule has 3 aromatic carbocycles. The topological polar surface area (TPSA) is 44.2 Å². The van der Waals surface area contributed by atoms with Gasteiger partial charge in [0.15, 0.2) is 0 Å². The standard InChI is InChI=1S/C34H28F4N2O2S3/c1-3-19-33(35,36)41-23-9-5-21(6-10-23)27-15-17-29(43-27)25-13-14-26(32-31(25)39-45-40-32)30-18-16-28(44-30)22-7-11-24(12-8-22)42-34(37,38)20-4-2/h5-18H,3-4,19-20H2,1-2H3. The van der Waals surface area contributed by atoms with E-state index in [1.165, 1.54) is 0 Å². The second-order valence-corrected chi connectivity index (χ2v) is 13.2. The molecule has 6 aromatic rings. The SMILES string of the molecule is CCCC(F)(F)Oc1ccc(-c2ccc(-c3ccc(-c4ccc(-c5ccc(OC(F)(F)CCC)cc5)s4)c4nsnc34)s2)cc1. The van der Waals surface area contributed by atoms with Gasteiger partial charge < -0.3 is 9.47 Å². The lowest BCUT2D eigenvalue weighted by atomic mass is 10.1. The molecule has 0 saturated carbocycles. The summed E-state index contributed by atoms with van der Waals surface area (Å²) >= 11 is 4.33. The van der Waals surface area contributed by atoms with Gasteiger partial charge in [-0.25, -0.2) is 0 Å². The van der Waals surface area contributed by atoms with Gasteiger partial charge in [-0.2, -0.15) is 26.3 Å². The first-order valence-electron chi connectivity index (χ1n) is 14.4. The molecule has 4 nitrogen and oxygen atoms in total. The maximum atomic E-state index is 13.9. The molecule has 0 aliphatic rings. The van der Waals surface area contributed by atoms with Gasteiger partial charge in [-0.15, -0.1) is 22.7 Å². The van der Waals surface area contributed by atoms with Crippen molar-refractivity contribution in [2.24, 2.45) is 0 Å². The van der Waals surface area contributed by atoms with Gasteiger partial charge in [0.2, 0.25) is 0 Å². The van der Waals surface area contributed by atoms with Gasteiger partial charge in [0.05, 0.1) is 24.6 Å². The molecule has 0 bridgehead atoms. The minimum absolute atomic E-state index is 0.134. The summed E-state index contributed by atoms with van der Waals surface area (Å²) in [4.78, 5) is 4.02. The minimum atomic E-state index is -3.19. The van der Waals surface area contributed by atoms with Crippen molar-refractivity contribution < 1.29 is 27.0 Å². The van der Waals surface area contributed by atoms with Crippen molar-refractivity contribution in [2.45, 2.75) is 51.7 Å². The van der Waals surface area contributed by atoms with Crippen LogP contribution in [-0.2, 0) is 0 Å². The summed E-state index contributed by atoms with van der Waals surface area (Å²) in [5, 5.41) is 0. The zero-order chi connectivity index (χ0) is 31.6. The molecule has 3 aromatic heterocycles. The van der Waals surface area contributed by atoms with Crippen LogP contribution in [0.5, 0.6) is 11.5 Å². The molecule has 232 valence electrons. The third-order valence-electron chi connectivity index (χ3n) is 7.05. The molecular weight excluding hydrogens is 641 g/mol. The summed E-state index contributed by atoms with van der Waals surface area (Å²) in [6, 6.07) is 25.6. The predicted octanol–water partition coefficient (Wildman–Crippen LogP) is 12.0. The molecule has 6 rings (SSSR count). The van der Waals surface area contributed by atoms with Crippen molar-refractivity contribution in [1.82, 2.24) is 8.75 Å². The molecule has 0 N–H and O–H groups in total. The fourth-order valence-electron chi connectivity index (χ4n) is 4.94. The first-order valence-corrected chi connectivity index (χ1v) is 16.8. The van der Waals surface area contributed by atoms with Crippen molar-refractivity contribution in [3.05, 3.63) is 84.9 Å². The highest BCUT2D eigenvalue weighted by atomic mass is 32.1. The van der Waals surface area contributed by atoms with Gasteiger partial charge in [-0.3, -0.25) is 0 Å². The molecule has 0 amide bonds. The van der Waals surface area contributed by atoms with Crippen LogP contribution in [0.1, 0.15) is 39.5 Å². The zero-order valence-electron chi connectivity index (χ0n) is 24.4. The average Bonchev–Trinajstić information content (AvgIpc) is 3.79. The lowest BCUT2D eigenvalue weighted by Gasteiger charge is -2.17. The minimum Gasteiger partial charge on any atom is -0.433 e. The Balaban J connectivity index is 1.21. The fourth-order valence-corrected chi connectivity index (χ4v) is 7.59. The Kier molecular flexibility index (Phi) is 8.94. The van der Waals surface area contributed by atoms with Crippen LogP contribution in [0, 0.1) is 0 Å². The Morgan fingerprint density at radius 3 is 1.29 bits per heavy atom. The fraction of sp³-hybridized carbons (Fsp3) is 0.235. The van der Waals surface area contributed by atoms with Crippen LogP contribution in [-0.4, -0.2) is 21.0 Å². The van der Waals surface area contributed by atoms with Crippen LogP contribution in [0.3, 0.4) is 0 Å². The Bertz CT molecular complexity index is 1760.